The number of nitrogen functional groups attached to an aromatic ring is 1. The third kappa shape index (κ3) is 2.48. The standard InChI is InChI=1S/C12H19N3O3/c1-8-14-10(12(16)17-2)11(13)15(8)7-9-5-3-4-6-18-9/h9H,3-7,13H2,1-2H3. The molecule has 1 aromatic rings. The lowest BCUT2D eigenvalue weighted by atomic mass is 10.1. The zero-order chi connectivity index (χ0) is 13.1. The first-order chi connectivity index (χ1) is 8.63. The van der Waals surface area contributed by atoms with Crippen molar-refractivity contribution >= 4 is 11.8 Å². The van der Waals surface area contributed by atoms with Crippen molar-refractivity contribution in [3.63, 3.8) is 0 Å². The second kappa shape index (κ2) is 5.39. The summed E-state index contributed by atoms with van der Waals surface area (Å²) in [5, 5.41) is 0. The molecule has 1 aliphatic rings. The first-order valence-corrected chi connectivity index (χ1v) is 6.16. The number of hydrogen-bond acceptors (Lipinski definition) is 5. The molecule has 2 heterocycles. The van der Waals surface area contributed by atoms with Crippen molar-refractivity contribution in [2.75, 3.05) is 19.5 Å². The van der Waals surface area contributed by atoms with Crippen LogP contribution in [0.2, 0.25) is 0 Å². The lowest BCUT2D eigenvalue weighted by Crippen LogP contribution is -2.25. The Hall–Kier alpha value is -1.56. The molecule has 0 bridgehead atoms. The molecule has 0 saturated carbocycles. The van der Waals surface area contributed by atoms with Crippen LogP contribution in [0.25, 0.3) is 0 Å². The van der Waals surface area contributed by atoms with Crippen molar-refractivity contribution in [1.82, 2.24) is 9.55 Å². The fourth-order valence-corrected chi connectivity index (χ4v) is 2.21. The highest BCUT2D eigenvalue weighted by molar-refractivity contribution is 5.92. The summed E-state index contributed by atoms with van der Waals surface area (Å²) in [6, 6.07) is 0. The first-order valence-electron chi connectivity index (χ1n) is 6.16. The van der Waals surface area contributed by atoms with Gasteiger partial charge in [-0.2, -0.15) is 0 Å². The lowest BCUT2D eigenvalue weighted by Gasteiger charge is -2.23. The van der Waals surface area contributed by atoms with Crippen molar-refractivity contribution in [3.8, 4) is 0 Å². The number of esters is 1. The second-order valence-corrected chi connectivity index (χ2v) is 4.48. The number of aromatic nitrogens is 2. The van der Waals surface area contributed by atoms with Crippen LogP contribution < -0.4 is 5.73 Å². The third-order valence-electron chi connectivity index (χ3n) is 3.24. The molecule has 1 atom stereocenters. The molecular weight excluding hydrogens is 234 g/mol. The Morgan fingerprint density at radius 1 is 1.61 bits per heavy atom. The molecule has 100 valence electrons. The highest BCUT2D eigenvalue weighted by Crippen LogP contribution is 2.20. The van der Waals surface area contributed by atoms with Crippen LogP contribution in [0.3, 0.4) is 0 Å². The van der Waals surface area contributed by atoms with Crippen molar-refractivity contribution in [2.24, 2.45) is 0 Å². The molecule has 0 aromatic carbocycles. The quantitative estimate of drug-likeness (QED) is 0.817. The van der Waals surface area contributed by atoms with Crippen LogP contribution in [0.5, 0.6) is 0 Å². The molecule has 1 aromatic heterocycles. The minimum atomic E-state index is -0.501. The largest absolute Gasteiger partial charge is 0.464 e. The van der Waals surface area contributed by atoms with Crippen LogP contribution in [0, 0.1) is 6.92 Å². The maximum Gasteiger partial charge on any atom is 0.360 e. The smallest absolute Gasteiger partial charge is 0.360 e. The average molecular weight is 253 g/mol. The Labute approximate surface area is 106 Å². The number of carbonyl (C=O) groups is 1. The van der Waals surface area contributed by atoms with E-state index in [4.69, 9.17) is 10.5 Å². The van der Waals surface area contributed by atoms with E-state index in [9.17, 15) is 4.79 Å². The number of methoxy groups -OCH3 is 1. The number of ether oxygens (including phenoxy) is 2. The fourth-order valence-electron chi connectivity index (χ4n) is 2.21. The van der Waals surface area contributed by atoms with Gasteiger partial charge in [-0.25, -0.2) is 9.78 Å². The van der Waals surface area contributed by atoms with Crippen molar-refractivity contribution in [1.29, 1.82) is 0 Å². The van der Waals surface area contributed by atoms with E-state index in [-0.39, 0.29) is 11.8 Å². The number of imidazole rings is 1. The first kappa shape index (κ1) is 12.9. The fraction of sp³-hybridized carbons (Fsp3) is 0.667. The minimum Gasteiger partial charge on any atom is -0.464 e. The summed E-state index contributed by atoms with van der Waals surface area (Å²) in [4.78, 5) is 15.6. The highest BCUT2D eigenvalue weighted by Gasteiger charge is 2.22. The summed E-state index contributed by atoms with van der Waals surface area (Å²) in [6.07, 6.45) is 3.45. The van der Waals surface area contributed by atoms with Gasteiger partial charge in [0, 0.05) is 6.61 Å². The Balaban J connectivity index is 2.17. The molecule has 0 spiro atoms. The number of aryl methyl sites for hydroxylation is 1. The van der Waals surface area contributed by atoms with Gasteiger partial charge in [0.1, 0.15) is 11.6 Å². The van der Waals surface area contributed by atoms with Crippen LogP contribution in [-0.4, -0.2) is 35.3 Å². The summed E-state index contributed by atoms with van der Waals surface area (Å²) in [5.41, 5.74) is 6.13. The van der Waals surface area contributed by atoms with Crippen LogP contribution in [-0.2, 0) is 16.0 Å². The summed E-state index contributed by atoms with van der Waals surface area (Å²) in [7, 11) is 1.32. The van der Waals surface area contributed by atoms with E-state index in [0.29, 0.717) is 18.2 Å². The maximum absolute atomic E-state index is 11.5. The van der Waals surface area contributed by atoms with Gasteiger partial charge in [0.05, 0.1) is 19.8 Å². The number of carbonyl (C=O) groups excluding carboxylic acids is 1. The molecule has 1 saturated heterocycles. The number of hydrogen-bond donors (Lipinski definition) is 1. The van der Waals surface area contributed by atoms with Crippen LogP contribution >= 0.6 is 0 Å². The topological polar surface area (TPSA) is 79.4 Å². The van der Waals surface area contributed by atoms with E-state index in [2.05, 4.69) is 9.72 Å². The van der Waals surface area contributed by atoms with E-state index < -0.39 is 5.97 Å². The van der Waals surface area contributed by atoms with E-state index in [1.165, 1.54) is 13.5 Å². The second-order valence-electron chi connectivity index (χ2n) is 4.48. The van der Waals surface area contributed by atoms with Gasteiger partial charge in [-0.3, -0.25) is 0 Å². The Morgan fingerprint density at radius 2 is 2.39 bits per heavy atom. The summed E-state index contributed by atoms with van der Waals surface area (Å²) in [5.74, 6) is 0.564. The monoisotopic (exact) mass is 253 g/mol. The predicted molar refractivity (Wildman–Crippen MR) is 66.3 cm³/mol. The van der Waals surface area contributed by atoms with Crippen LogP contribution in [0.4, 0.5) is 5.82 Å². The van der Waals surface area contributed by atoms with Crippen molar-refractivity contribution in [3.05, 3.63) is 11.5 Å². The Kier molecular flexibility index (Phi) is 3.86. The molecule has 2 N–H and O–H groups in total. The molecule has 6 nitrogen and oxygen atoms in total. The van der Waals surface area contributed by atoms with Gasteiger partial charge < -0.3 is 19.8 Å². The normalized spacial score (nSPS) is 19.8. The lowest BCUT2D eigenvalue weighted by molar-refractivity contribution is 0.00597. The molecule has 0 aliphatic carbocycles. The molecule has 0 amide bonds. The van der Waals surface area contributed by atoms with Gasteiger partial charge in [0.15, 0.2) is 5.69 Å². The number of nitrogens with two attached hydrogens (primary N) is 1. The molecule has 0 radical (unpaired) electrons. The number of rotatable bonds is 3. The zero-order valence-electron chi connectivity index (χ0n) is 10.8. The summed E-state index contributed by atoms with van der Waals surface area (Å²) in [6.45, 7) is 3.26. The van der Waals surface area contributed by atoms with Gasteiger partial charge in [0.2, 0.25) is 0 Å². The Bertz CT molecular complexity index is 436. The molecule has 18 heavy (non-hydrogen) atoms. The minimum absolute atomic E-state index is 0.152. The predicted octanol–water partition coefficient (Wildman–Crippen LogP) is 1.13. The molecule has 1 fully saturated rings. The van der Waals surface area contributed by atoms with Gasteiger partial charge in [-0.05, 0) is 26.2 Å². The maximum atomic E-state index is 11.5. The van der Waals surface area contributed by atoms with Gasteiger partial charge in [0.25, 0.3) is 0 Å². The summed E-state index contributed by atoms with van der Waals surface area (Å²) >= 11 is 0. The molecule has 6 heteroatoms. The summed E-state index contributed by atoms with van der Waals surface area (Å²) < 4.78 is 12.1. The van der Waals surface area contributed by atoms with E-state index >= 15 is 0 Å². The van der Waals surface area contributed by atoms with E-state index in [1.54, 1.807) is 0 Å². The highest BCUT2D eigenvalue weighted by atomic mass is 16.5. The van der Waals surface area contributed by atoms with E-state index in [0.717, 1.165) is 19.4 Å². The molecule has 2 rings (SSSR count). The molecule has 1 aliphatic heterocycles. The number of anilines is 1. The SMILES string of the molecule is COC(=O)c1nc(C)n(CC2CCCCO2)c1N. The van der Waals surface area contributed by atoms with Crippen molar-refractivity contribution < 1.29 is 14.3 Å². The molecule has 1 unspecified atom stereocenters. The van der Waals surface area contributed by atoms with Crippen LogP contribution in [0.15, 0.2) is 0 Å². The zero-order valence-corrected chi connectivity index (χ0v) is 10.8. The average Bonchev–Trinajstić information content (AvgIpc) is 2.67. The van der Waals surface area contributed by atoms with Crippen molar-refractivity contribution in [2.45, 2.75) is 38.8 Å². The molecular formula is C12H19N3O3. The van der Waals surface area contributed by atoms with Gasteiger partial charge >= 0.3 is 5.97 Å². The van der Waals surface area contributed by atoms with Crippen LogP contribution in [0.1, 0.15) is 35.6 Å². The number of nitrogens with zero attached hydrogens (tertiary/aromatic N) is 2. The van der Waals surface area contributed by atoms with E-state index in [1.807, 2.05) is 11.5 Å². The van der Waals surface area contributed by atoms with Gasteiger partial charge in [-0.1, -0.05) is 0 Å². The third-order valence-corrected chi connectivity index (χ3v) is 3.24. The Morgan fingerprint density at radius 3 is 3.00 bits per heavy atom. The van der Waals surface area contributed by atoms with Gasteiger partial charge in [-0.15, -0.1) is 0 Å².